The minimum Gasteiger partial charge on any atom is -0.464 e. The summed E-state index contributed by atoms with van der Waals surface area (Å²) < 4.78 is 16.7. The maximum absolute atomic E-state index is 12.4. The number of nitrogens with zero attached hydrogens (tertiary/aromatic N) is 1. The van der Waals surface area contributed by atoms with E-state index < -0.39 is 0 Å². The number of likely N-dealkylation sites (N-methyl/N-ethyl adjacent to an activating group) is 1. The molecule has 1 N–H and O–H groups in total. The Hall–Kier alpha value is -2.47. The van der Waals surface area contributed by atoms with Crippen LogP contribution in [0.3, 0.4) is 0 Å². The fourth-order valence-corrected chi connectivity index (χ4v) is 3.52. The van der Waals surface area contributed by atoms with Crippen molar-refractivity contribution >= 4 is 5.91 Å². The first-order chi connectivity index (χ1) is 13.0. The summed E-state index contributed by atoms with van der Waals surface area (Å²) >= 11 is 0. The Morgan fingerprint density at radius 3 is 2.81 bits per heavy atom. The third kappa shape index (κ3) is 4.11. The SMILES string of the molecule is C[C@H](NC(=O)CN(C)Cc1ccc([C@@H]2C[C@@H]2C)o1)c1ccc2c(c1)OCO2. The van der Waals surface area contributed by atoms with Gasteiger partial charge in [-0.15, -0.1) is 0 Å². The van der Waals surface area contributed by atoms with E-state index in [9.17, 15) is 4.79 Å². The summed E-state index contributed by atoms with van der Waals surface area (Å²) in [6.45, 7) is 5.38. The maximum Gasteiger partial charge on any atom is 0.234 e. The lowest BCUT2D eigenvalue weighted by molar-refractivity contribution is -0.122. The van der Waals surface area contributed by atoms with Crippen molar-refractivity contribution < 1.29 is 18.7 Å². The number of hydrogen-bond acceptors (Lipinski definition) is 5. The van der Waals surface area contributed by atoms with Crippen LogP contribution in [0.2, 0.25) is 0 Å². The first kappa shape index (κ1) is 17.9. The molecule has 1 aliphatic heterocycles. The van der Waals surface area contributed by atoms with Crippen LogP contribution >= 0.6 is 0 Å². The minimum atomic E-state index is -0.105. The normalized spacial score (nSPS) is 21.3. The molecule has 2 aromatic rings. The van der Waals surface area contributed by atoms with E-state index in [4.69, 9.17) is 13.9 Å². The molecule has 1 aromatic carbocycles. The Labute approximate surface area is 159 Å². The number of hydrogen-bond donors (Lipinski definition) is 1. The quantitative estimate of drug-likeness (QED) is 0.809. The summed E-state index contributed by atoms with van der Waals surface area (Å²) in [5, 5.41) is 3.04. The van der Waals surface area contributed by atoms with Gasteiger partial charge in [0.05, 0.1) is 19.1 Å². The molecule has 6 nitrogen and oxygen atoms in total. The number of carbonyl (C=O) groups excluding carboxylic acids is 1. The third-order valence-electron chi connectivity index (χ3n) is 5.27. The molecule has 0 bridgehead atoms. The molecule has 1 aliphatic carbocycles. The van der Waals surface area contributed by atoms with Gasteiger partial charge in [-0.25, -0.2) is 0 Å². The van der Waals surface area contributed by atoms with Crippen molar-refractivity contribution in [1.29, 1.82) is 0 Å². The van der Waals surface area contributed by atoms with Crippen molar-refractivity contribution in [3.8, 4) is 11.5 Å². The highest BCUT2D eigenvalue weighted by Gasteiger charge is 2.36. The largest absolute Gasteiger partial charge is 0.464 e. The van der Waals surface area contributed by atoms with E-state index in [1.807, 2.05) is 43.1 Å². The van der Waals surface area contributed by atoms with Gasteiger partial charge in [0, 0.05) is 5.92 Å². The number of carbonyl (C=O) groups is 1. The molecule has 4 rings (SSSR count). The van der Waals surface area contributed by atoms with E-state index in [1.165, 1.54) is 6.42 Å². The molecule has 0 spiro atoms. The van der Waals surface area contributed by atoms with Crippen LogP contribution < -0.4 is 14.8 Å². The molecule has 1 amide bonds. The first-order valence-electron chi connectivity index (χ1n) is 9.45. The smallest absolute Gasteiger partial charge is 0.234 e. The number of rotatable bonds is 7. The van der Waals surface area contributed by atoms with Gasteiger partial charge < -0.3 is 19.2 Å². The highest BCUT2D eigenvalue weighted by atomic mass is 16.7. The van der Waals surface area contributed by atoms with Crippen LogP contribution in [-0.2, 0) is 11.3 Å². The molecule has 144 valence electrons. The molecule has 2 aliphatic rings. The number of amides is 1. The zero-order chi connectivity index (χ0) is 19.0. The van der Waals surface area contributed by atoms with Gasteiger partial charge in [-0.1, -0.05) is 13.0 Å². The monoisotopic (exact) mass is 370 g/mol. The van der Waals surface area contributed by atoms with Crippen LogP contribution in [-0.4, -0.2) is 31.2 Å². The lowest BCUT2D eigenvalue weighted by Gasteiger charge is -2.18. The standard InChI is InChI=1S/C21H26N2O4/c1-13-8-17(13)18-7-5-16(27-18)10-23(3)11-21(24)22-14(2)15-4-6-19-20(9-15)26-12-25-19/h4-7,9,13-14,17H,8,10-12H2,1-3H3,(H,22,24)/t13-,14-,17+/m0/s1. The average molecular weight is 370 g/mol. The molecule has 1 aromatic heterocycles. The second-order valence-corrected chi connectivity index (χ2v) is 7.70. The molecule has 2 heterocycles. The van der Waals surface area contributed by atoms with Crippen molar-refractivity contribution in [2.75, 3.05) is 20.4 Å². The van der Waals surface area contributed by atoms with Crippen molar-refractivity contribution in [3.05, 3.63) is 47.4 Å². The van der Waals surface area contributed by atoms with Gasteiger partial charge in [0.1, 0.15) is 11.5 Å². The van der Waals surface area contributed by atoms with Crippen molar-refractivity contribution in [2.24, 2.45) is 5.92 Å². The van der Waals surface area contributed by atoms with Crippen molar-refractivity contribution in [1.82, 2.24) is 10.2 Å². The predicted octanol–water partition coefficient (Wildman–Crippen LogP) is 3.44. The second-order valence-electron chi connectivity index (χ2n) is 7.70. The van der Waals surface area contributed by atoms with E-state index in [0.717, 1.165) is 34.5 Å². The summed E-state index contributed by atoms with van der Waals surface area (Å²) in [4.78, 5) is 14.3. The Morgan fingerprint density at radius 1 is 1.26 bits per heavy atom. The molecular weight excluding hydrogens is 344 g/mol. The van der Waals surface area contributed by atoms with Gasteiger partial charge in [0.25, 0.3) is 0 Å². The van der Waals surface area contributed by atoms with Gasteiger partial charge >= 0.3 is 0 Å². The fourth-order valence-electron chi connectivity index (χ4n) is 3.52. The van der Waals surface area contributed by atoms with E-state index in [0.29, 0.717) is 19.0 Å². The summed E-state index contributed by atoms with van der Waals surface area (Å²) in [7, 11) is 1.92. The Kier molecular flexibility index (Phi) is 4.83. The number of furan rings is 1. The molecule has 1 saturated carbocycles. The minimum absolute atomic E-state index is 0.0229. The van der Waals surface area contributed by atoms with Crippen LogP contribution in [0, 0.1) is 5.92 Å². The van der Waals surface area contributed by atoms with Crippen molar-refractivity contribution in [2.45, 2.75) is 38.8 Å². The van der Waals surface area contributed by atoms with Crippen LogP contribution in [0.4, 0.5) is 0 Å². The fraction of sp³-hybridized carbons (Fsp3) is 0.476. The Morgan fingerprint density at radius 2 is 2.04 bits per heavy atom. The molecule has 0 unspecified atom stereocenters. The molecule has 0 radical (unpaired) electrons. The summed E-state index contributed by atoms with van der Waals surface area (Å²) in [6, 6.07) is 9.73. The molecular formula is C21H26N2O4. The van der Waals surface area contributed by atoms with Crippen LogP contribution in [0.25, 0.3) is 0 Å². The number of benzene rings is 1. The zero-order valence-corrected chi connectivity index (χ0v) is 16.0. The van der Waals surface area contributed by atoms with Crippen LogP contribution in [0.15, 0.2) is 34.7 Å². The topological polar surface area (TPSA) is 63.9 Å². The maximum atomic E-state index is 12.4. The van der Waals surface area contributed by atoms with Gasteiger partial charge in [-0.3, -0.25) is 9.69 Å². The van der Waals surface area contributed by atoms with Gasteiger partial charge in [-0.2, -0.15) is 0 Å². The molecule has 0 saturated heterocycles. The molecule has 3 atom stereocenters. The van der Waals surface area contributed by atoms with Gasteiger partial charge in [0.15, 0.2) is 11.5 Å². The highest BCUT2D eigenvalue weighted by Crippen LogP contribution is 2.47. The Balaban J connectivity index is 1.27. The predicted molar refractivity (Wildman–Crippen MR) is 101 cm³/mol. The van der Waals surface area contributed by atoms with Gasteiger partial charge in [-0.05, 0) is 56.1 Å². The zero-order valence-electron chi connectivity index (χ0n) is 16.0. The van der Waals surface area contributed by atoms with Gasteiger partial charge in [0.2, 0.25) is 12.7 Å². The summed E-state index contributed by atoms with van der Waals surface area (Å²) in [5.74, 6) is 4.74. The number of ether oxygens (including phenoxy) is 2. The van der Waals surface area contributed by atoms with Crippen LogP contribution in [0.1, 0.15) is 49.3 Å². The Bertz CT molecular complexity index is 831. The third-order valence-corrected chi connectivity index (χ3v) is 5.27. The first-order valence-corrected chi connectivity index (χ1v) is 9.45. The number of nitrogens with one attached hydrogen (secondary N) is 1. The van der Waals surface area contributed by atoms with E-state index in [1.54, 1.807) is 0 Å². The average Bonchev–Trinajstić information content (AvgIpc) is 3.01. The van der Waals surface area contributed by atoms with E-state index in [-0.39, 0.29) is 18.7 Å². The number of fused-ring (bicyclic) bond motifs is 1. The van der Waals surface area contributed by atoms with E-state index >= 15 is 0 Å². The summed E-state index contributed by atoms with van der Waals surface area (Å²) in [6.07, 6.45) is 1.21. The lowest BCUT2D eigenvalue weighted by atomic mass is 10.1. The lowest BCUT2D eigenvalue weighted by Crippen LogP contribution is -2.36. The summed E-state index contributed by atoms with van der Waals surface area (Å²) in [5.41, 5.74) is 0.990. The molecule has 6 heteroatoms. The molecule has 27 heavy (non-hydrogen) atoms. The van der Waals surface area contributed by atoms with E-state index in [2.05, 4.69) is 18.3 Å². The highest BCUT2D eigenvalue weighted by molar-refractivity contribution is 5.78. The van der Waals surface area contributed by atoms with Crippen molar-refractivity contribution in [3.63, 3.8) is 0 Å². The molecule has 1 fully saturated rings. The van der Waals surface area contributed by atoms with Crippen LogP contribution in [0.5, 0.6) is 11.5 Å². The second kappa shape index (κ2) is 7.27.